The van der Waals surface area contributed by atoms with Crippen LogP contribution in [0.2, 0.25) is 5.02 Å². The minimum absolute atomic E-state index is 0.0356. The molecule has 3 rings (SSSR count). The molecule has 0 spiro atoms. The van der Waals surface area contributed by atoms with Crippen LogP contribution in [-0.2, 0) is 17.8 Å². The molecule has 2 N–H and O–H groups in total. The molecule has 1 amide bonds. The van der Waals surface area contributed by atoms with Crippen molar-refractivity contribution in [1.29, 1.82) is 0 Å². The fraction of sp³-hybridized carbons (Fsp3) is 0.188. The molecule has 2 aromatic rings. The van der Waals surface area contributed by atoms with Crippen LogP contribution < -0.4 is 10.6 Å². The Morgan fingerprint density at radius 2 is 2.00 bits per heavy atom. The molecule has 0 aromatic heterocycles. The summed E-state index contributed by atoms with van der Waals surface area (Å²) in [5.74, 6) is -0.390. The number of anilines is 2. The number of amides is 1. The van der Waals surface area contributed by atoms with E-state index in [0.717, 1.165) is 11.1 Å². The number of nitrogen functional groups attached to an aromatic ring is 1. The maximum Gasteiger partial charge on any atom is 0.227 e. The van der Waals surface area contributed by atoms with E-state index in [-0.39, 0.29) is 11.7 Å². The maximum atomic E-state index is 13.5. The van der Waals surface area contributed by atoms with Gasteiger partial charge in [-0.05, 0) is 47.9 Å². The first-order valence-electron chi connectivity index (χ1n) is 6.67. The molecular formula is C16H14ClFN2O. The third kappa shape index (κ3) is 2.72. The number of benzene rings is 2. The molecule has 0 aliphatic carbocycles. The highest BCUT2D eigenvalue weighted by atomic mass is 35.5. The Bertz CT molecular complexity index is 717. The lowest BCUT2D eigenvalue weighted by atomic mass is 10.00. The zero-order chi connectivity index (χ0) is 15.0. The van der Waals surface area contributed by atoms with Crippen LogP contribution >= 0.6 is 11.6 Å². The number of hydrogen-bond acceptors (Lipinski definition) is 2. The minimum atomic E-state index is -0.355. The van der Waals surface area contributed by atoms with Crippen molar-refractivity contribution in [3.8, 4) is 0 Å². The van der Waals surface area contributed by atoms with E-state index in [2.05, 4.69) is 0 Å². The summed E-state index contributed by atoms with van der Waals surface area (Å²) in [6.07, 6.45) is 1.05. The van der Waals surface area contributed by atoms with Gasteiger partial charge in [-0.15, -0.1) is 0 Å². The molecule has 1 heterocycles. The first kappa shape index (κ1) is 13.9. The number of nitrogens with two attached hydrogens (primary N) is 1. The van der Waals surface area contributed by atoms with Crippen LogP contribution in [0, 0.1) is 5.82 Å². The van der Waals surface area contributed by atoms with Crippen LogP contribution in [0.1, 0.15) is 17.5 Å². The predicted molar refractivity (Wildman–Crippen MR) is 81.8 cm³/mol. The van der Waals surface area contributed by atoms with Crippen LogP contribution in [0.15, 0.2) is 36.4 Å². The van der Waals surface area contributed by atoms with Crippen LogP contribution in [-0.4, -0.2) is 5.91 Å². The molecule has 0 saturated carbocycles. The van der Waals surface area contributed by atoms with Crippen molar-refractivity contribution in [3.63, 3.8) is 0 Å². The maximum absolute atomic E-state index is 13.5. The van der Waals surface area contributed by atoms with E-state index in [4.69, 9.17) is 17.3 Å². The number of carbonyl (C=O) groups excluding carboxylic acids is 1. The summed E-state index contributed by atoms with van der Waals surface area (Å²) in [7, 11) is 0. The van der Waals surface area contributed by atoms with Gasteiger partial charge < -0.3 is 10.6 Å². The number of carbonyl (C=O) groups is 1. The number of rotatable bonds is 2. The molecule has 0 unspecified atom stereocenters. The number of hydrogen-bond donors (Lipinski definition) is 1. The first-order valence-corrected chi connectivity index (χ1v) is 7.05. The molecule has 0 atom stereocenters. The minimum Gasteiger partial charge on any atom is -0.399 e. The molecule has 5 heteroatoms. The predicted octanol–water partition coefficient (Wildman–Crippen LogP) is 3.54. The molecule has 0 saturated heterocycles. The topological polar surface area (TPSA) is 46.3 Å². The van der Waals surface area contributed by atoms with Crippen molar-refractivity contribution < 1.29 is 9.18 Å². The average molecular weight is 305 g/mol. The van der Waals surface area contributed by atoms with Gasteiger partial charge in [-0.1, -0.05) is 17.7 Å². The van der Waals surface area contributed by atoms with Gasteiger partial charge in [0.05, 0.1) is 12.2 Å². The van der Waals surface area contributed by atoms with Crippen molar-refractivity contribution in [2.75, 3.05) is 10.6 Å². The van der Waals surface area contributed by atoms with Crippen molar-refractivity contribution >= 4 is 28.9 Å². The summed E-state index contributed by atoms with van der Waals surface area (Å²) in [6.45, 7) is 0.291. The first-order chi connectivity index (χ1) is 10.0. The number of nitrogens with zero attached hydrogens (tertiary/aromatic N) is 1. The Hall–Kier alpha value is -2.07. The second-order valence-corrected chi connectivity index (χ2v) is 5.51. The summed E-state index contributed by atoms with van der Waals surface area (Å²) in [5, 5.41) is 0.542. The molecule has 0 fully saturated rings. The lowest BCUT2D eigenvalue weighted by Gasteiger charge is -2.30. The molecule has 2 aromatic carbocycles. The summed E-state index contributed by atoms with van der Waals surface area (Å²) in [4.78, 5) is 13.8. The van der Waals surface area contributed by atoms with Crippen molar-refractivity contribution in [3.05, 3.63) is 58.4 Å². The highest BCUT2D eigenvalue weighted by molar-refractivity contribution is 6.31. The van der Waals surface area contributed by atoms with Gasteiger partial charge in [0.2, 0.25) is 5.91 Å². The van der Waals surface area contributed by atoms with E-state index in [1.165, 1.54) is 12.1 Å². The SMILES string of the molecule is Nc1ccc(Cl)c(CN2C(=O)CCc3ccc(F)cc32)c1. The molecule has 21 heavy (non-hydrogen) atoms. The summed E-state index contributed by atoms with van der Waals surface area (Å²) in [5.41, 5.74) is 8.68. The van der Waals surface area contributed by atoms with Crippen LogP contribution in [0.3, 0.4) is 0 Å². The van der Waals surface area contributed by atoms with Crippen LogP contribution in [0.25, 0.3) is 0 Å². The lowest BCUT2D eigenvalue weighted by Crippen LogP contribution is -2.34. The molecule has 0 radical (unpaired) electrons. The molecule has 1 aliphatic heterocycles. The highest BCUT2D eigenvalue weighted by Gasteiger charge is 2.25. The van der Waals surface area contributed by atoms with E-state index in [9.17, 15) is 9.18 Å². The van der Waals surface area contributed by atoms with Gasteiger partial charge in [0.15, 0.2) is 0 Å². The van der Waals surface area contributed by atoms with E-state index >= 15 is 0 Å². The van der Waals surface area contributed by atoms with Gasteiger partial charge in [0, 0.05) is 17.1 Å². The van der Waals surface area contributed by atoms with Gasteiger partial charge in [-0.3, -0.25) is 4.79 Å². The number of aryl methyl sites for hydroxylation is 1. The lowest BCUT2D eigenvalue weighted by molar-refractivity contribution is -0.119. The number of halogens is 2. The van der Waals surface area contributed by atoms with Crippen LogP contribution in [0.5, 0.6) is 0 Å². The van der Waals surface area contributed by atoms with E-state index in [0.29, 0.717) is 35.8 Å². The molecular weight excluding hydrogens is 291 g/mol. The zero-order valence-electron chi connectivity index (χ0n) is 11.3. The Balaban J connectivity index is 2.00. The van der Waals surface area contributed by atoms with E-state index in [1.807, 2.05) is 0 Å². The third-order valence-corrected chi connectivity index (χ3v) is 4.01. The van der Waals surface area contributed by atoms with Gasteiger partial charge >= 0.3 is 0 Å². The Labute approximate surface area is 127 Å². The fourth-order valence-corrected chi connectivity index (χ4v) is 2.75. The fourth-order valence-electron chi connectivity index (χ4n) is 2.57. The monoisotopic (exact) mass is 304 g/mol. The second kappa shape index (κ2) is 5.37. The quantitative estimate of drug-likeness (QED) is 0.863. The van der Waals surface area contributed by atoms with Gasteiger partial charge in [-0.2, -0.15) is 0 Å². The van der Waals surface area contributed by atoms with Gasteiger partial charge in [0.1, 0.15) is 5.82 Å². The normalized spacial score (nSPS) is 14.2. The third-order valence-electron chi connectivity index (χ3n) is 3.65. The van der Waals surface area contributed by atoms with Crippen molar-refractivity contribution in [1.82, 2.24) is 0 Å². The van der Waals surface area contributed by atoms with Gasteiger partial charge in [0.25, 0.3) is 0 Å². The van der Waals surface area contributed by atoms with E-state index < -0.39 is 0 Å². The number of fused-ring (bicyclic) bond motifs is 1. The van der Waals surface area contributed by atoms with Crippen LogP contribution in [0.4, 0.5) is 15.8 Å². The largest absolute Gasteiger partial charge is 0.399 e. The average Bonchev–Trinajstić information content (AvgIpc) is 2.46. The summed E-state index contributed by atoms with van der Waals surface area (Å²) >= 11 is 6.15. The summed E-state index contributed by atoms with van der Waals surface area (Å²) < 4.78 is 13.5. The Kier molecular flexibility index (Phi) is 3.55. The Morgan fingerprint density at radius 1 is 1.19 bits per heavy atom. The molecule has 0 bridgehead atoms. The molecule has 3 nitrogen and oxygen atoms in total. The van der Waals surface area contributed by atoms with E-state index in [1.54, 1.807) is 29.2 Å². The molecule has 108 valence electrons. The highest BCUT2D eigenvalue weighted by Crippen LogP contribution is 2.31. The van der Waals surface area contributed by atoms with Crippen molar-refractivity contribution in [2.24, 2.45) is 0 Å². The molecule has 1 aliphatic rings. The standard InChI is InChI=1S/C16H14ClFN2O/c17-14-5-4-13(19)7-11(14)9-20-15-8-12(18)3-1-10(15)2-6-16(20)21/h1,3-5,7-8H,2,6,9,19H2. The smallest absolute Gasteiger partial charge is 0.227 e. The zero-order valence-corrected chi connectivity index (χ0v) is 12.0. The second-order valence-electron chi connectivity index (χ2n) is 5.10. The van der Waals surface area contributed by atoms with Crippen molar-refractivity contribution in [2.45, 2.75) is 19.4 Å². The Morgan fingerprint density at radius 3 is 2.81 bits per heavy atom. The van der Waals surface area contributed by atoms with Gasteiger partial charge in [-0.25, -0.2) is 4.39 Å². The summed E-state index contributed by atoms with van der Waals surface area (Å²) in [6, 6.07) is 9.69.